The fourth-order valence-corrected chi connectivity index (χ4v) is 5.31. The van der Waals surface area contributed by atoms with Crippen LogP contribution in [0.2, 0.25) is 0 Å². The van der Waals surface area contributed by atoms with Gasteiger partial charge in [-0.15, -0.1) is 0 Å². The summed E-state index contributed by atoms with van der Waals surface area (Å²) in [6, 6.07) is -0.871. The molecule has 3 atom stereocenters. The molecule has 0 aliphatic carbocycles. The lowest BCUT2D eigenvalue weighted by Gasteiger charge is -2.25. The SMILES string of the molecule is CC/C=C\C/C=C\C/C=C\C/C=C\C/C=C\C/C=C\CCCCC(=O)NC(COP(=O)(O)OCC[N+](C)(C)C)C(O)/C=C/CCCCCCC. The molecule has 0 heterocycles. The minimum Gasteiger partial charge on any atom is -0.387 e. The number of phosphoric acid groups is 1. The molecule has 0 rings (SSSR count). The van der Waals surface area contributed by atoms with Crippen molar-refractivity contribution in [1.29, 1.82) is 0 Å². The van der Waals surface area contributed by atoms with Gasteiger partial charge in [-0.05, 0) is 70.6 Å². The number of carbonyl (C=O) groups excluding carboxylic acids is 1. The van der Waals surface area contributed by atoms with E-state index in [1.165, 1.54) is 19.3 Å². The number of amides is 1. The van der Waals surface area contributed by atoms with Crippen LogP contribution in [0.5, 0.6) is 0 Å². The number of likely N-dealkylation sites (N-methyl/N-ethyl adjacent to an activating group) is 1. The number of aliphatic hydroxyl groups excluding tert-OH is 1. The normalized spacial score (nSPS) is 15.6. The van der Waals surface area contributed by atoms with Gasteiger partial charge in [0, 0.05) is 6.42 Å². The van der Waals surface area contributed by atoms with Crippen LogP contribution in [0.1, 0.15) is 117 Å². The summed E-state index contributed by atoms with van der Waals surface area (Å²) in [4.78, 5) is 22.9. The zero-order valence-corrected chi connectivity index (χ0v) is 33.0. The summed E-state index contributed by atoms with van der Waals surface area (Å²) < 4.78 is 23.3. The van der Waals surface area contributed by atoms with E-state index in [9.17, 15) is 19.4 Å². The van der Waals surface area contributed by atoms with E-state index in [2.05, 4.69) is 92.1 Å². The first-order chi connectivity index (χ1) is 24.0. The Hall–Kier alpha value is -2.32. The molecule has 286 valence electrons. The number of nitrogens with one attached hydrogen (secondary N) is 1. The van der Waals surface area contributed by atoms with E-state index < -0.39 is 20.0 Å². The highest BCUT2D eigenvalue weighted by Gasteiger charge is 2.27. The second-order valence-corrected chi connectivity index (χ2v) is 15.0. The molecule has 0 aliphatic rings. The molecule has 9 heteroatoms. The van der Waals surface area contributed by atoms with Crippen LogP contribution in [-0.2, 0) is 18.4 Å². The Kier molecular flexibility index (Phi) is 31.1. The van der Waals surface area contributed by atoms with Crippen molar-refractivity contribution in [3.05, 3.63) is 85.1 Å². The number of hydrogen-bond donors (Lipinski definition) is 3. The maximum Gasteiger partial charge on any atom is 0.472 e. The maximum atomic E-state index is 12.7. The predicted octanol–water partition coefficient (Wildman–Crippen LogP) is 9.85. The molecule has 8 nitrogen and oxygen atoms in total. The molecule has 0 radical (unpaired) electrons. The minimum absolute atomic E-state index is 0.0472. The Labute approximate surface area is 306 Å². The van der Waals surface area contributed by atoms with E-state index in [1.54, 1.807) is 6.08 Å². The molecule has 3 unspecified atom stereocenters. The van der Waals surface area contributed by atoms with Crippen molar-refractivity contribution < 1.29 is 32.9 Å². The Morgan fingerprint density at radius 3 is 1.74 bits per heavy atom. The second kappa shape index (κ2) is 32.6. The molecule has 0 aromatic rings. The highest BCUT2D eigenvalue weighted by Crippen LogP contribution is 2.43. The van der Waals surface area contributed by atoms with Gasteiger partial charge in [-0.3, -0.25) is 13.8 Å². The van der Waals surface area contributed by atoms with Crippen LogP contribution in [0.25, 0.3) is 0 Å². The minimum atomic E-state index is -4.34. The summed E-state index contributed by atoms with van der Waals surface area (Å²) in [5.41, 5.74) is 0. The van der Waals surface area contributed by atoms with E-state index in [-0.39, 0.29) is 19.1 Å². The fraction of sp³-hybridized carbons (Fsp3) is 0.634. The number of hydrogen-bond acceptors (Lipinski definition) is 5. The van der Waals surface area contributed by atoms with Crippen LogP contribution in [-0.4, -0.2) is 73.4 Å². The number of carbonyl (C=O) groups is 1. The van der Waals surface area contributed by atoms with Crippen LogP contribution in [0, 0.1) is 0 Å². The van der Waals surface area contributed by atoms with Crippen LogP contribution < -0.4 is 5.32 Å². The van der Waals surface area contributed by atoms with Gasteiger partial charge in [0.25, 0.3) is 0 Å². The third kappa shape index (κ3) is 34.1. The van der Waals surface area contributed by atoms with E-state index in [1.807, 2.05) is 27.2 Å². The number of aliphatic hydroxyl groups is 1. The molecular weight excluding hydrogens is 647 g/mol. The van der Waals surface area contributed by atoms with Crippen LogP contribution in [0.15, 0.2) is 85.1 Å². The Bertz CT molecular complexity index is 1090. The topological polar surface area (TPSA) is 105 Å². The number of quaternary nitrogens is 1. The molecule has 0 aliphatic heterocycles. The molecule has 0 bridgehead atoms. The van der Waals surface area contributed by atoms with E-state index in [4.69, 9.17) is 9.05 Å². The van der Waals surface area contributed by atoms with Crippen molar-refractivity contribution in [3.63, 3.8) is 0 Å². The molecule has 3 N–H and O–H groups in total. The molecule has 50 heavy (non-hydrogen) atoms. The van der Waals surface area contributed by atoms with Gasteiger partial charge in [-0.25, -0.2) is 4.57 Å². The lowest BCUT2D eigenvalue weighted by atomic mass is 10.1. The predicted molar refractivity (Wildman–Crippen MR) is 212 cm³/mol. The molecule has 0 fully saturated rings. The lowest BCUT2D eigenvalue weighted by molar-refractivity contribution is -0.870. The number of unbranched alkanes of at least 4 members (excludes halogenated alkanes) is 7. The molecule has 1 amide bonds. The van der Waals surface area contributed by atoms with Crippen molar-refractivity contribution in [2.75, 3.05) is 40.9 Å². The van der Waals surface area contributed by atoms with Gasteiger partial charge in [0.15, 0.2) is 0 Å². The summed E-state index contributed by atoms with van der Waals surface area (Å²) in [6.45, 7) is 4.56. The smallest absolute Gasteiger partial charge is 0.387 e. The number of nitrogens with zero attached hydrogens (tertiary/aromatic N) is 1. The number of allylic oxidation sites excluding steroid dienone is 13. The first-order valence-electron chi connectivity index (χ1n) is 19.0. The first kappa shape index (κ1) is 47.7. The van der Waals surface area contributed by atoms with Gasteiger partial charge in [0.1, 0.15) is 13.2 Å². The molecule has 0 aromatic heterocycles. The van der Waals surface area contributed by atoms with E-state index in [0.717, 1.165) is 70.6 Å². The third-order valence-corrected chi connectivity index (χ3v) is 8.61. The van der Waals surface area contributed by atoms with Gasteiger partial charge in [-0.1, -0.05) is 125 Å². The molecule has 0 aromatic carbocycles. The fourth-order valence-electron chi connectivity index (χ4n) is 4.57. The van der Waals surface area contributed by atoms with E-state index >= 15 is 0 Å². The van der Waals surface area contributed by atoms with Crippen LogP contribution in [0.4, 0.5) is 0 Å². The average molecular weight is 720 g/mol. The summed E-state index contributed by atoms with van der Waals surface area (Å²) in [6.07, 6.45) is 43.8. The summed E-state index contributed by atoms with van der Waals surface area (Å²) in [7, 11) is 1.52. The molecule has 0 saturated carbocycles. The first-order valence-corrected chi connectivity index (χ1v) is 20.5. The van der Waals surface area contributed by atoms with Gasteiger partial charge >= 0.3 is 7.82 Å². The Morgan fingerprint density at radius 1 is 0.700 bits per heavy atom. The monoisotopic (exact) mass is 720 g/mol. The summed E-state index contributed by atoms with van der Waals surface area (Å²) >= 11 is 0. The zero-order valence-electron chi connectivity index (χ0n) is 32.1. The van der Waals surface area contributed by atoms with Crippen molar-refractivity contribution >= 4 is 13.7 Å². The van der Waals surface area contributed by atoms with Gasteiger partial charge < -0.3 is 19.8 Å². The van der Waals surface area contributed by atoms with Gasteiger partial charge in [0.05, 0.1) is 39.9 Å². The molecule has 0 saturated heterocycles. The number of phosphoric ester groups is 1. The van der Waals surface area contributed by atoms with Crippen molar-refractivity contribution in [2.45, 2.75) is 129 Å². The third-order valence-electron chi connectivity index (χ3n) is 7.62. The Morgan fingerprint density at radius 2 is 1.20 bits per heavy atom. The maximum absolute atomic E-state index is 12.7. The zero-order chi connectivity index (χ0) is 37.2. The van der Waals surface area contributed by atoms with Crippen LogP contribution >= 0.6 is 7.82 Å². The van der Waals surface area contributed by atoms with Crippen LogP contribution in [0.3, 0.4) is 0 Å². The van der Waals surface area contributed by atoms with Crippen molar-refractivity contribution in [3.8, 4) is 0 Å². The highest BCUT2D eigenvalue weighted by atomic mass is 31.2. The largest absolute Gasteiger partial charge is 0.472 e. The van der Waals surface area contributed by atoms with Crippen molar-refractivity contribution in [1.82, 2.24) is 5.32 Å². The quantitative estimate of drug-likeness (QED) is 0.0277. The van der Waals surface area contributed by atoms with Gasteiger partial charge in [0.2, 0.25) is 5.91 Å². The average Bonchev–Trinajstić information content (AvgIpc) is 3.06. The molecule has 0 spiro atoms. The van der Waals surface area contributed by atoms with Crippen molar-refractivity contribution in [2.24, 2.45) is 0 Å². The van der Waals surface area contributed by atoms with E-state index in [0.29, 0.717) is 23.9 Å². The molecular formula is C41H72N2O6P+. The second-order valence-electron chi connectivity index (χ2n) is 13.6. The highest BCUT2D eigenvalue weighted by molar-refractivity contribution is 7.47. The number of rotatable bonds is 32. The van der Waals surface area contributed by atoms with Gasteiger partial charge in [-0.2, -0.15) is 0 Å². The standard InChI is InChI=1S/C41H71N2O6P/c1-6-8-10-12-14-15-16-17-18-19-20-21-22-23-24-25-26-27-29-31-33-35-41(45)42-39(40(44)34-32-30-28-13-11-9-7-2)38-49-50(46,47)48-37-36-43(3,4)5/h8,10,14-15,17-18,20-21,23-24,26-27,32,34,39-40,44H,6-7,9,11-13,16,19,22,25,28-31,33,35-38H2,1-5H3,(H-,42,45,46,47)/p+1/b10-8-,15-14-,18-17-,21-20-,24-23-,27-26-,34-32+. The summed E-state index contributed by atoms with van der Waals surface area (Å²) in [5.74, 6) is -0.230. The lowest BCUT2D eigenvalue weighted by Crippen LogP contribution is -2.45. The Balaban J connectivity index is 4.48. The summed E-state index contributed by atoms with van der Waals surface area (Å²) in [5, 5.41) is 13.6.